The molecule has 8 rings (SSSR count). The van der Waals surface area contributed by atoms with Crippen LogP contribution in [0.4, 0.5) is 0 Å². The first-order chi connectivity index (χ1) is 20.4. The van der Waals surface area contributed by atoms with Crippen molar-refractivity contribution in [3.63, 3.8) is 0 Å². The molecule has 0 amide bonds. The summed E-state index contributed by atoms with van der Waals surface area (Å²) < 4.78 is 11.6. The molecule has 0 aliphatic carbocycles. The number of hydrogen-bond acceptors (Lipinski definition) is 6. The number of aromatic nitrogens is 2. The van der Waals surface area contributed by atoms with Crippen LogP contribution in [0, 0.1) is 0 Å². The fourth-order valence-electron chi connectivity index (χ4n) is 7.83. The number of ether oxygens (including phenoxy) is 2. The fourth-order valence-corrected chi connectivity index (χ4v) is 7.83. The predicted molar refractivity (Wildman–Crippen MR) is 163 cm³/mol. The number of benzene rings is 2. The summed E-state index contributed by atoms with van der Waals surface area (Å²) in [5, 5.41) is 1.89. The van der Waals surface area contributed by atoms with E-state index >= 15 is 0 Å². The third-order valence-corrected chi connectivity index (χ3v) is 10.3. The molecule has 6 heterocycles. The van der Waals surface area contributed by atoms with Crippen molar-refractivity contribution in [1.29, 1.82) is 0 Å². The summed E-state index contributed by atoms with van der Waals surface area (Å²) in [6, 6.07) is 18.0. The van der Waals surface area contributed by atoms with Crippen molar-refractivity contribution >= 4 is 33.7 Å². The lowest BCUT2D eigenvalue weighted by molar-refractivity contribution is -0.00112. The maximum atomic E-state index is 12.4. The zero-order valence-electron chi connectivity index (χ0n) is 24.4. The number of rotatable bonds is 4. The number of H-pyrrole nitrogens is 2. The normalized spacial score (nSPS) is 28.9. The lowest BCUT2D eigenvalue weighted by Gasteiger charge is -2.35. The van der Waals surface area contributed by atoms with Crippen LogP contribution in [0.3, 0.4) is 0 Å². The van der Waals surface area contributed by atoms with Crippen molar-refractivity contribution in [3.8, 4) is 0 Å². The van der Waals surface area contributed by atoms with Crippen molar-refractivity contribution in [1.82, 2.24) is 19.8 Å². The van der Waals surface area contributed by atoms with Crippen molar-refractivity contribution in [3.05, 3.63) is 72.1 Å². The molecule has 0 radical (unpaired) electrons. The highest BCUT2D eigenvalue weighted by Crippen LogP contribution is 2.37. The van der Waals surface area contributed by atoms with Gasteiger partial charge in [-0.3, -0.25) is 0 Å². The Kier molecular flexibility index (Phi) is 7.28. The van der Waals surface area contributed by atoms with Gasteiger partial charge in [0.1, 0.15) is 12.2 Å². The Hall–Kier alpha value is -3.62. The molecule has 4 unspecified atom stereocenters. The number of fused-ring (bicyclic) bond motifs is 6. The molecule has 4 aliphatic heterocycles. The van der Waals surface area contributed by atoms with Crippen LogP contribution in [0.1, 0.15) is 72.1 Å². The fraction of sp³-hybridized carbons (Fsp3) is 0.471. The molecule has 4 aliphatic rings. The maximum Gasteiger partial charge on any atom is 0.340 e. The second-order valence-corrected chi connectivity index (χ2v) is 12.6. The number of esters is 2. The Morgan fingerprint density at radius 3 is 1.36 bits per heavy atom. The number of carbonyl (C=O) groups is 2. The van der Waals surface area contributed by atoms with E-state index in [1.165, 1.54) is 25.7 Å². The van der Waals surface area contributed by atoms with Gasteiger partial charge in [0.25, 0.3) is 0 Å². The summed E-state index contributed by atoms with van der Waals surface area (Å²) in [5.74, 6) is -0.386. The van der Waals surface area contributed by atoms with E-state index in [4.69, 9.17) is 9.47 Å². The van der Waals surface area contributed by atoms with E-state index in [9.17, 15) is 9.59 Å². The quantitative estimate of drug-likeness (QED) is 0.298. The molecule has 0 spiro atoms. The average molecular weight is 569 g/mol. The predicted octanol–water partition coefficient (Wildman–Crippen LogP) is 5.90. The molecule has 8 heteroatoms. The highest BCUT2D eigenvalue weighted by molar-refractivity contribution is 6.04. The van der Waals surface area contributed by atoms with Gasteiger partial charge in [-0.2, -0.15) is 0 Å². The summed E-state index contributed by atoms with van der Waals surface area (Å²) in [7, 11) is 4.39. The summed E-state index contributed by atoms with van der Waals surface area (Å²) >= 11 is 0. The van der Waals surface area contributed by atoms with Gasteiger partial charge in [0.05, 0.1) is 11.1 Å². The molecular weight excluding hydrogens is 528 g/mol. The standard InChI is InChI=1S/2C17H20N2O2/c2*1-19-11-6-7-12(19)9-13(8-11)21-17(20)15-10-18-16-5-3-2-4-14(15)16/h2*2-5,10-13,18H,6-9H2,1H3. The van der Waals surface area contributed by atoms with Crippen LogP contribution in [0.2, 0.25) is 0 Å². The minimum absolute atomic E-state index is 0.0693. The van der Waals surface area contributed by atoms with Gasteiger partial charge < -0.3 is 29.2 Å². The molecule has 42 heavy (non-hydrogen) atoms. The van der Waals surface area contributed by atoms with E-state index in [0.29, 0.717) is 35.3 Å². The largest absolute Gasteiger partial charge is 0.459 e. The van der Waals surface area contributed by atoms with E-state index in [1.54, 1.807) is 12.4 Å². The minimum atomic E-state index is -0.193. The van der Waals surface area contributed by atoms with E-state index < -0.39 is 0 Å². The van der Waals surface area contributed by atoms with Gasteiger partial charge in [0.2, 0.25) is 0 Å². The summed E-state index contributed by atoms with van der Waals surface area (Å²) in [5.41, 5.74) is 3.26. The summed E-state index contributed by atoms with van der Waals surface area (Å²) in [6.07, 6.45) is 12.5. The molecule has 8 nitrogen and oxygen atoms in total. The zero-order valence-corrected chi connectivity index (χ0v) is 24.4. The first-order valence-corrected chi connectivity index (χ1v) is 15.4. The van der Waals surface area contributed by atoms with Crippen LogP contribution < -0.4 is 0 Å². The minimum Gasteiger partial charge on any atom is -0.459 e. The molecule has 2 N–H and O–H groups in total. The van der Waals surface area contributed by atoms with Crippen LogP contribution in [0.15, 0.2) is 60.9 Å². The maximum absolute atomic E-state index is 12.4. The van der Waals surface area contributed by atoms with Crippen LogP contribution in [0.5, 0.6) is 0 Å². The Balaban J connectivity index is 0.000000137. The van der Waals surface area contributed by atoms with Gasteiger partial charge in [-0.15, -0.1) is 0 Å². The Morgan fingerprint density at radius 1 is 0.619 bits per heavy atom. The second-order valence-electron chi connectivity index (χ2n) is 12.6. The Bertz CT molecular complexity index is 1450. The number of nitrogens with zero attached hydrogens (tertiary/aromatic N) is 2. The third-order valence-electron chi connectivity index (χ3n) is 10.3. The van der Waals surface area contributed by atoms with Gasteiger partial charge in [0.15, 0.2) is 0 Å². The monoisotopic (exact) mass is 568 g/mol. The SMILES string of the molecule is CN1C2CCC1CC(OC(=O)c1c[nH]c3ccccc13)C2.CN1C2CCC1CC(OC(=O)c1c[nH]c3ccccc13)C2. The van der Waals surface area contributed by atoms with Gasteiger partial charge in [-0.1, -0.05) is 36.4 Å². The van der Waals surface area contributed by atoms with E-state index in [0.717, 1.165) is 47.5 Å². The van der Waals surface area contributed by atoms with Crippen molar-refractivity contribution in [2.75, 3.05) is 14.1 Å². The summed E-state index contributed by atoms with van der Waals surface area (Å²) in [4.78, 5) is 36.1. The van der Waals surface area contributed by atoms with Gasteiger partial charge in [0, 0.05) is 84.1 Å². The average Bonchev–Trinajstić information content (AvgIpc) is 3.71. The molecule has 2 aromatic heterocycles. The van der Waals surface area contributed by atoms with Crippen LogP contribution in [-0.2, 0) is 9.47 Å². The van der Waals surface area contributed by atoms with Crippen LogP contribution in [0.25, 0.3) is 21.8 Å². The number of piperidine rings is 2. The number of para-hydroxylation sites is 2. The Labute approximate surface area is 246 Å². The molecule has 4 saturated heterocycles. The highest BCUT2D eigenvalue weighted by atomic mass is 16.5. The molecule has 4 fully saturated rings. The number of carbonyl (C=O) groups excluding carboxylic acids is 2. The van der Waals surface area contributed by atoms with E-state index in [-0.39, 0.29) is 24.1 Å². The topological polar surface area (TPSA) is 90.7 Å². The van der Waals surface area contributed by atoms with Gasteiger partial charge >= 0.3 is 11.9 Å². The first kappa shape index (κ1) is 27.2. The lowest BCUT2D eigenvalue weighted by atomic mass is 10.0. The zero-order chi connectivity index (χ0) is 28.8. The molecule has 2 aromatic carbocycles. The van der Waals surface area contributed by atoms with Crippen molar-refractivity contribution in [2.45, 2.75) is 87.7 Å². The van der Waals surface area contributed by atoms with Gasteiger partial charge in [-0.25, -0.2) is 9.59 Å². The second kappa shape index (κ2) is 11.2. The number of nitrogens with one attached hydrogen (secondary N) is 2. The van der Waals surface area contributed by atoms with E-state index in [1.807, 2.05) is 48.5 Å². The number of hydrogen-bond donors (Lipinski definition) is 2. The molecule has 4 bridgehead atoms. The van der Waals surface area contributed by atoms with Crippen LogP contribution in [-0.4, -0.2) is 82.2 Å². The molecule has 220 valence electrons. The molecule has 4 aromatic rings. The van der Waals surface area contributed by atoms with Crippen molar-refractivity contribution in [2.24, 2.45) is 0 Å². The molecular formula is C34H40N4O4. The smallest absolute Gasteiger partial charge is 0.340 e. The van der Waals surface area contributed by atoms with Crippen molar-refractivity contribution < 1.29 is 19.1 Å². The summed E-state index contributed by atoms with van der Waals surface area (Å²) in [6.45, 7) is 0. The van der Waals surface area contributed by atoms with Gasteiger partial charge in [-0.05, 0) is 51.9 Å². The Morgan fingerprint density at radius 2 is 0.976 bits per heavy atom. The number of aromatic amines is 2. The van der Waals surface area contributed by atoms with E-state index in [2.05, 4.69) is 33.9 Å². The third kappa shape index (κ3) is 5.11. The van der Waals surface area contributed by atoms with Crippen LogP contribution >= 0.6 is 0 Å². The first-order valence-electron chi connectivity index (χ1n) is 15.4. The molecule has 0 saturated carbocycles. The molecule has 4 atom stereocenters. The highest BCUT2D eigenvalue weighted by Gasteiger charge is 2.41. The lowest BCUT2D eigenvalue weighted by Crippen LogP contribution is -2.43.